The van der Waals surface area contributed by atoms with E-state index in [0.29, 0.717) is 24.8 Å². The van der Waals surface area contributed by atoms with Crippen LogP contribution in [0.4, 0.5) is 5.82 Å². The van der Waals surface area contributed by atoms with Crippen molar-refractivity contribution >= 4 is 11.7 Å². The number of hydrogen-bond acceptors (Lipinski definition) is 5. The maximum Gasteiger partial charge on any atom is 0.270 e. The minimum Gasteiger partial charge on any atom is -0.379 e. The summed E-state index contributed by atoms with van der Waals surface area (Å²) in [5.74, 6) is 1.73. The Kier molecular flexibility index (Phi) is 4.88. The number of hydrogen-bond donors (Lipinski definition) is 2. The third-order valence-corrected chi connectivity index (χ3v) is 5.07. The molecule has 1 atom stereocenters. The van der Waals surface area contributed by atoms with E-state index in [2.05, 4.69) is 20.3 Å². The van der Waals surface area contributed by atoms with Crippen LogP contribution in [-0.4, -0.2) is 58.1 Å². The van der Waals surface area contributed by atoms with Crippen LogP contribution >= 0.6 is 0 Å². The maximum absolute atomic E-state index is 12.7. The average Bonchev–Trinajstić information content (AvgIpc) is 3.10. The molecule has 2 N–H and O–H groups in total. The second-order valence-corrected chi connectivity index (χ2v) is 6.98. The van der Waals surface area contributed by atoms with Gasteiger partial charge in [0.2, 0.25) is 0 Å². The van der Waals surface area contributed by atoms with E-state index in [4.69, 9.17) is 4.74 Å². The van der Waals surface area contributed by atoms with Gasteiger partial charge in [-0.1, -0.05) is 0 Å². The largest absolute Gasteiger partial charge is 0.379 e. The van der Waals surface area contributed by atoms with Gasteiger partial charge in [-0.15, -0.1) is 0 Å². The summed E-state index contributed by atoms with van der Waals surface area (Å²) in [6, 6.07) is 3.96. The molecule has 2 aliphatic rings. The summed E-state index contributed by atoms with van der Waals surface area (Å²) >= 11 is 0. The summed E-state index contributed by atoms with van der Waals surface area (Å²) in [6.45, 7) is 4.83. The van der Waals surface area contributed by atoms with Gasteiger partial charge in [0.15, 0.2) is 0 Å². The number of anilines is 1. The SMILES string of the molecule is Cc1nc2c(c(N[C@H]3CCCOC3)n1)CCN(C(=O)c1ccc[nH]1)CC2. The Balaban J connectivity index is 1.53. The normalized spacial score (nSPS) is 20.3. The third-order valence-electron chi connectivity index (χ3n) is 5.07. The van der Waals surface area contributed by atoms with Gasteiger partial charge in [0.1, 0.15) is 17.3 Å². The summed E-state index contributed by atoms with van der Waals surface area (Å²) in [7, 11) is 0. The number of aromatic nitrogens is 3. The Morgan fingerprint density at radius 2 is 2.23 bits per heavy atom. The van der Waals surface area contributed by atoms with Crippen LogP contribution in [0.25, 0.3) is 0 Å². The van der Waals surface area contributed by atoms with Crippen LogP contribution in [0.1, 0.15) is 40.4 Å². The number of aryl methyl sites for hydroxylation is 1. The lowest BCUT2D eigenvalue weighted by Gasteiger charge is -2.25. The van der Waals surface area contributed by atoms with E-state index in [9.17, 15) is 4.79 Å². The molecule has 4 rings (SSSR count). The number of carbonyl (C=O) groups excluding carboxylic acids is 1. The first-order chi connectivity index (χ1) is 12.7. The molecular weight excluding hydrogens is 330 g/mol. The molecule has 1 saturated heterocycles. The molecule has 26 heavy (non-hydrogen) atoms. The van der Waals surface area contributed by atoms with Gasteiger partial charge >= 0.3 is 0 Å². The predicted molar refractivity (Wildman–Crippen MR) is 98.3 cm³/mol. The number of nitrogens with zero attached hydrogens (tertiary/aromatic N) is 3. The van der Waals surface area contributed by atoms with Crippen molar-refractivity contribution in [3.63, 3.8) is 0 Å². The second-order valence-electron chi connectivity index (χ2n) is 6.98. The lowest BCUT2D eigenvalue weighted by molar-refractivity contribution is 0.0758. The van der Waals surface area contributed by atoms with Crippen LogP contribution in [0.2, 0.25) is 0 Å². The number of nitrogens with one attached hydrogen (secondary N) is 2. The highest BCUT2D eigenvalue weighted by Crippen LogP contribution is 2.24. The maximum atomic E-state index is 12.7. The fourth-order valence-electron chi connectivity index (χ4n) is 3.73. The molecule has 0 aromatic carbocycles. The zero-order valence-electron chi connectivity index (χ0n) is 15.1. The van der Waals surface area contributed by atoms with Gasteiger partial charge in [-0.3, -0.25) is 4.79 Å². The van der Waals surface area contributed by atoms with Gasteiger partial charge in [0, 0.05) is 37.9 Å². The van der Waals surface area contributed by atoms with Crippen LogP contribution < -0.4 is 5.32 Å². The van der Waals surface area contributed by atoms with Crippen LogP contribution in [-0.2, 0) is 17.6 Å². The van der Waals surface area contributed by atoms with Crippen LogP contribution in [0.3, 0.4) is 0 Å². The fourth-order valence-corrected chi connectivity index (χ4v) is 3.73. The zero-order chi connectivity index (χ0) is 17.9. The Bertz CT molecular complexity index is 768. The van der Waals surface area contributed by atoms with Gasteiger partial charge in [-0.05, 0) is 38.3 Å². The van der Waals surface area contributed by atoms with Gasteiger partial charge in [0.25, 0.3) is 5.91 Å². The molecule has 0 unspecified atom stereocenters. The van der Waals surface area contributed by atoms with E-state index in [-0.39, 0.29) is 5.91 Å². The molecule has 0 radical (unpaired) electrons. The van der Waals surface area contributed by atoms with Crippen molar-refractivity contribution in [2.75, 3.05) is 31.6 Å². The first-order valence-electron chi connectivity index (χ1n) is 9.34. The molecule has 7 nitrogen and oxygen atoms in total. The number of amides is 1. The second kappa shape index (κ2) is 7.45. The smallest absolute Gasteiger partial charge is 0.270 e. The van der Waals surface area contributed by atoms with Crippen LogP contribution in [0, 0.1) is 6.92 Å². The molecule has 2 aliphatic heterocycles. The zero-order valence-corrected chi connectivity index (χ0v) is 15.1. The molecule has 2 aromatic heterocycles. The fraction of sp³-hybridized carbons (Fsp3) is 0.526. The summed E-state index contributed by atoms with van der Waals surface area (Å²) in [5.41, 5.74) is 2.83. The topological polar surface area (TPSA) is 83.1 Å². The summed E-state index contributed by atoms with van der Waals surface area (Å²) < 4.78 is 5.58. The molecule has 7 heteroatoms. The van der Waals surface area contributed by atoms with E-state index >= 15 is 0 Å². The van der Waals surface area contributed by atoms with Crippen molar-refractivity contribution in [1.82, 2.24) is 19.9 Å². The van der Waals surface area contributed by atoms with Crippen molar-refractivity contribution in [2.24, 2.45) is 0 Å². The van der Waals surface area contributed by atoms with E-state index in [1.165, 1.54) is 0 Å². The highest BCUT2D eigenvalue weighted by Gasteiger charge is 2.25. The molecule has 1 amide bonds. The van der Waals surface area contributed by atoms with Gasteiger partial charge < -0.3 is 19.9 Å². The molecule has 138 valence electrons. The number of aromatic amines is 1. The van der Waals surface area contributed by atoms with E-state index < -0.39 is 0 Å². The molecule has 0 bridgehead atoms. The van der Waals surface area contributed by atoms with E-state index in [0.717, 1.165) is 61.8 Å². The van der Waals surface area contributed by atoms with Crippen molar-refractivity contribution in [1.29, 1.82) is 0 Å². The summed E-state index contributed by atoms with van der Waals surface area (Å²) in [6.07, 6.45) is 5.46. The minimum atomic E-state index is 0.0441. The number of rotatable bonds is 3. The first-order valence-corrected chi connectivity index (χ1v) is 9.34. The van der Waals surface area contributed by atoms with Crippen molar-refractivity contribution in [3.05, 3.63) is 41.1 Å². The van der Waals surface area contributed by atoms with Gasteiger partial charge in [-0.2, -0.15) is 0 Å². The van der Waals surface area contributed by atoms with Crippen molar-refractivity contribution in [3.8, 4) is 0 Å². The monoisotopic (exact) mass is 355 g/mol. The lowest BCUT2D eigenvalue weighted by atomic mass is 10.1. The lowest BCUT2D eigenvalue weighted by Crippen LogP contribution is -2.33. The molecule has 4 heterocycles. The molecule has 2 aromatic rings. The number of carbonyl (C=O) groups is 1. The molecular formula is C19H25N5O2. The summed E-state index contributed by atoms with van der Waals surface area (Å²) in [5, 5.41) is 3.56. The average molecular weight is 355 g/mol. The quantitative estimate of drug-likeness (QED) is 0.879. The molecule has 1 fully saturated rings. The Labute approximate surface area is 153 Å². The van der Waals surface area contributed by atoms with Crippen molar-refractivity contribution in [2.45, 2.75) is 38.6 Å². The standard InChI is InChI=1S/C19H25N5O2/c1-13-21-16-7-10-24(19(25)17-5-2-8-20-17)9-6-15(16)18(22-13)23-14-4-3-11-26-12-14/h2,5,8,14,20H,3-4,6-7,9-12H2,1H3,(H,21,22,23)/t14-/m0/s1. The number of fused-ring (bicyclic) bond motifs is 1. The van der Waals surface area contributed by atoms with E-state index in [1.807, 2.05) is 24.0 Å². The Morgan fingerprint density at radius 3 is 3.00 bits per heavy atom. The van der Waals surface area contributed by atoms with Gasteiger partial charge in [-0.25, -0.2) is 9.97 Å². The molecule has 0 aliphatic carbocycles. The minimum absolute atomic E-state index is 0.0441. The molecule has 0 saturated carbocycles. The highest BCUT2D eigenvalue weighted by molar-refractivity contribution is 5.92. The predicted octanol–water partition coefficient (Wildman–Crippen LogP) is 1.95. The third kappa shape index (κ3) is 3.58. The Morgan fingerprint density at radius 1 is 1.35 bits per heavy atom. The molecule has 0 spiro atoms. The van der Waals surface area contributed by atoms with Crippen LogP contribution in [0.15, 0.2) is 18.3 Å². The number of H-pyrrole nitrogens is 1. The Hall–Kier alpha value is -2.41. The van der Waals surface area contributed by atoms with Crippen LogP contribution in [0.5, 0.6) is 0 Å². The van der Waals surface area contributed by atoms with Crippen molar-refractivity contribution < 1.29 is 9.53 Å². The highest BCUT2D eigenvalue weighted by atomic mass is 16.5. The van der Waals surface area contributed by atoms with E-state index in [1.54, 1.807) is 6.20 Å². The number of ether oxygens (including phenoxy) is 1. The van der Waals surface area contributed by atoms with Gasteiger partial charge in [0.05, 0.1) is 18.3 Å². The first kappa shape index (κ1) is 17.0. The summed E-state index contributed by atoms with van der Waals surface area (Å²) in [4.78, 5) is 26.9.